The third-order valence-electron chi connectivity index (χ3n) is 4.48. The summed E-state index contributed by atoms with van der Waals surface area (Å²) in [6.07, 6.45) is 0.573. The Morgan fingerprint density at radius 3 is 2.59 bits per heavy atom. The van der Waals surface area contributed by atoms with Crippen molar-refractivity contribution >= 4 is 17.7 Å². The summed E-state index contributed by atoms with van der Waals surface area (Å²) in [5.41, 5.74) is 2.39. The molecule has 0 saturated heterocycles. The lowest BCUT2D eigenvalue weighted by Gasteiger charge is -2.14. The number of nitrogens with zero attached hydrogens (tertiary/aromatic N) is 3. The van der Waals surface area contributed by atoms with Gasteiger partial charge in [0.15, 0.2) is 17.1 Å². The van der Waals surface area contributed by atoms with Crippen LogP contribution in [-0.2, 0) is 18.3 Å². The number of aromatic nitrogens is 3. The number of thioether (sulfide) groups is 1. The minimum Gasteiger partial charge on any atom is -0.483 e. The molecule has 1 amide bonds. The number of hydrogen-bond acceptors (Lipinski definition) is 5. The van der Waals surface area contributed by atoms with Gasteiger partial charge in [-0.2, -0.15) is 0 Å². The lowest BCUT2D eigenvalue weighted by molar-refractivity contribution is -0.118. The van der Waals surface area contributed by atoms with E-state index in [0.717, 1.165) is 18.0 Å². The fraction of sp³-hybridized carbons (Fsp3) is 0.318. The van der Waals surface area contributed by atoms with Crippen molar-refractivity contribution in [3.05, 3.63) is 71.5 Å². The predicted molar refractivity (Wildman–Crippen MR) is 115 cm³/mol. The Morgan fingerprint density at radius 1 is 1.14 bits per heavy atom. The van der Waals surface area contributed by atoms with E-state index in [1.165, 1.54) is 22.9 Å². The first-order valence-corrected chi connectivity index (χ1v) is 10.6. The Balaban J connectivity index is 1.47. The molecule has 1 N–H and O–H groups in total. The molecule has 0 spiro atoms. The molecule has 2 aromatic carbocycles. The van der Waals surface area contributed by atoms with Crippen molar-refractivity contribution in [2.24, 2.45) is 7.05 Å². The van der Waals surface area contributed by atoms with Crippen LogP contribution in [0.25, 0.3) is 0 Å². The van der Waals surface area contributed by atoms with Gasteiger partial charge in [0.25, 0.3) is 0 Å². The van der Waals surface area contributed by atoms with Crippen LogP contribution in [0.15, 0.2) is 59.8 Å². The molecular weight excluding hydrogens is 384 g/mol. The Morgan fingerprint density at radius 2 is 1.86 bits per heavy atom. The standard InChI is InChI=1S/C22H26N4O2S/c1-16-9-11-19(12-10-16)28-17(2)21-24-25-22(26(21)3)29-15-20(27)23-14-13-18-7-5-4-6-8-18/h4-12,17H,13-15H2,1-3H3,(H,23,27). The molecule has 0 aliphatic heterocycles. The second-order valence-corrected chi connectivity index (χ2v) is 7.79. The highest BCUT2D eigenvalue weighted by Crippen LogP contribution is 2.23. The topological polar surface area (TPSA) is 69.0 Å². The van der Waals surface area contributed by atoms with E-state index in [9.17, 15) is 4.79 Å². The second kappa shape index (κ2) is 10.1. The average Bonchev–Trinajstić information content (AvgIpc) is 3.09. The number of amides is 1. The number of carbonyl (C=O) groups excluding carboxylic acids is 1. The van der Waals surface area contributed by atoms with Gasteiger partial charge in [0.05, 0.1) is 5.75 Å². The summed E-state index contributed by atoms with van der Waals surface area (Å²) in [4.78, 5) is 12.1. The number of aryl methyl sites for hydroxylation is 1. The third kappa shape index (κ3) is 6.09. The van der Waals surface area contributed by atoms with Gasteiger partial charge < -0.3 is 14.6 Å². The summed E-state index contributed by atoms with van der Waals surface area (Å²) in [6.45, 7) is 4.60. The van der Waals surface area contributed by atoms with E-state index in [4.69, 9.17) is 4.74 Å². The number of ether oxygens (including phenoxy) is 1. The van der Waals surface area contributed by atoms with Crippen LogP contribution in [0, 0.1) is 6.92 Å². The van der Waals surface area contributed by atoms with Gasteiger partial charge in [-0.25, -0.2) is 0 Å². The minimum atomic E-state index is -0.246. The Bertz CT molecular complexity index is 926. The van der Waals surface area contributed by atoms with Crippen LogP contribution in [0.5, 0.6) is 5.75 Å². The number of carbonyl (C=O) groups is 1. The van der Waals surface area contributed by atoms with Crippen LogP contribution < -0.4 is 10.1 Å². The van der Waals surface area contributed by atoms with E-state index in [2.05, 4.69) is 27.6 Å². The Kier molecular flexibility index (Phi) is 7.30. The summed E-state index contributed by atoms with van der Waals surface area (Å²) in [5, 5.41) is 12.1. The van der Waals surface area contributed by atoms with Gasteiger partial charge in [-0.15, -0.1) is 10.2 Å². The van der Waals surface area contributed by atoms with Crippen LogP contribution in [-0.4, -0.2) is 33.0 Å². The van der Waals surface area contributed by atoms with Crippen LogP contribution in [0.2, 0.25) is 0 Å². The van der Waals surface area contributed by atoms with Gasteiger partial charge in [-0.05, 0) is 38.0 Å². The van der Waals surface area contributed by atoms with Gasteiger partial charge in [0, 0.05) is 13.6 Å². The molecular formula is C22H26N4O2S. The normalized spacial score (nSPS) is 11.8. The minimum absolute atomic E-state index is 0.0144. The summed E-state index contributed by atoms with van der Waals surface area (Å²) in [7, 11) is 1.89. The number of hydrogen-bond donors (Lipinski definition) is 1. The zero-order valence-electron chi connectivity index (χ0n) is 17.0. The van der Waals surface area contributed by atoms with Crippen molar-refractivity contribution in [1.82, 2.24) is 20.1 Å². The zero-order chi connectivity index (χ0) is 20.6. The molecule has 1 unspecified atom stereocenters. The maximum absolute atomic E-state index is 12.1. The van der Waals surface area contributed by atoms with Crippen molar-refractivity contribution in [1.29, 1.82) is 0 Å². The van der Waals surface area contributed by atoms with E-state index < -0.39 is 0 Å². The number of benzene rings is 2. The molecule has 29 heavy (non-hydrogen) atoms. The molecule has 3 rings (SSSR count). The predicted octanol–water partition coefficient (Wildman–Crippen LogP) is 3.71. The number of nitrogens with one attached hydrogen (secondary N) is 1. The molecule has 0 bridgehead atoms. The van der Waals surface area contributed by atoms with Gasteiger partial charge >= 0.3 is 0 Å². The highest BCUT2D eigenvalue weighted by atomic mass is 32.2. The van der Waals surface area contributed by atoms with Gasteiger partial charge in [-0.3, -0.25) is 4.79 Å². The van der Waals surface area contributed by atoms with Crippen LogP contribution in [0.4, 0.5) is 0 Å². The molecule has 1 atom stereocenters. The van der Waals surface area contributed by atoms with Crippen molar-refractivity contribution in [2.45, 2.75) is 31.5 Å². The molecule has 3 aromatic rings. The quantitative estimate of drug-likeness (QED) is 0.545. The molecule has 7 heteroatoms. The van der Waals surface area contributed by atoms with Crippen molar-refractivity contribution in [3.63, 3.8) is 0 Å². The summed E-state index contributed by atoms with van der Waals surface area (Å²) in [5.74, 6) is 1.80. The van der Waals surface area contributed by atoms with Crippen LogP contribution >= 0.6 is 11.8 Å². The van der Waals surface area contributed by atoms with Gasteiger partial charge in [0.1, 0.15) is 5.75 Å². The summed E-state index contributed by atoms with van der Waals surface area (Å²) in [6, 6.07) is 18.0. The van der Waals surface area contributed by atoms with Gasteiger partial charge in [-0.1, -0.05) is 59.8 Å². The maximum Gasteiger partial charge on any atom is 0.230 e. The van der Waals surface area contributed by atoms with Crippen molar-refractivity contribution < 1.29 is 9.53 Å². The molecule has 152 valence electrons. The van der Waals surface area contributed by atoms with Crippen LogP contribution in [0.3, 0.4) is 0 Å². The molecule has 1 heterocycles. The lowest BCUT2D eigenvalue weighted by Crippen LogP contribution is -2.27. The van der Waals surface area contributed by atoms with E-state index in [1.807, 2.05) is 67.9 Å². The van der Waals surface area contributed by atoms with E-state index in [0.29, 0.717) is 17.5 Å². The summed E-state index contributed by atoms with van der Waals surface area (Å²) < 4.78 is 7.83. The Hall–Kier alpha value is -2.80. The first kappa shape index (κ1) is 20.9. The lowest BCUT2D eigenvalue weighted by atomic mass is 10.1. The maximum atomic E-state index is 12.1. The van der Waals surface area contributed by atoms with Crippen molar-refractivity contribution in [2.75, 3.05) is 12.3 Å². The molecule has 0 aliphatic carbocycles. The van der Waals surface area contributed by atoms with E-state index in [-0.39, 0.29) is 12.0 Å². The van der Waals surface area contributed by atoms with Gasteiger partial charge in [0.2, 0.25) is 5.91 Å². The molecule has 0 saturated carbocycles. The molecule has 0 fully saturated rings. The highest BCUT2D eigenvalue weighted by Gasteiger charge is 2.18. The van der Waals surface area contributed by atoms with E-state index in [1.54, 1.807) is 0 Å². The largest absolute Gasteiger partial charge is 0.483 e. The smallest absolute Gasteiger partial charge is 0.230 e. The fourth-order valence-electron chi connectivity index (χ4n) is 2.85. The molecule has 1 aromatic heterocycles. The SMILES string of the molecule is Cc1ccc(OC(C)c2nnc(SCC(=O)NCCc3ccccc3)n2C)cc1. The average molecular weight is 411 g/mol. The molecule has 6 nitrogen and oxygen atoms in total. The Labute approximate surface area is 175 Å². The number of rotatable bonds is 9. The first-order valence-electron chi connectivity index (χ1n) is 9.59. The zero-order valence-corrected chi connectivity index (χ0v) is 17.8. The second-order valence-electron chi connectivity index (χ2n) is 6.85. The van der Waals surface area contributed by atoms with E-state index >= 15 is 0 Å². The molecule has 0 aliphatic rings. The third-order valence-corrected chi connectivity index (χ3v) is 5.50. The fourth-order valence-corrected chi connectivity index (χ4v) is 3.60. The molecule has 0 radical (unpaired) electrons. The highest BCUT2D eigenvalue weighted by molar-refractivity contribution is 7.99. The van der Waals surface area contributed by atoms with Crippen LogP contribution in [0.1, 0.15) is 30.0 Å². The summed E-state index contributed by atoms with van der Waals surface area (Å²) >= 11 is 1.37. The monoisotopic (exact) mass is 410 g/mol. The first-order chi connectivity index (χ1) is 14.0. The van der Waals surface area contributed by atoms with Crippen molar-refractivity contribution in [3.8, 4) is 5.75 Å².